The van der Waals surface area contributed by atoms with Gasteiger partial charge in [0.05, 0.1) is 16.1 Å². The zero-order chi connectivity index (χ0) is 21.8. The molecule has 0 fully saturated rings. The molecule has 0 bridgehead atoms. The van der Waals surface area contributed by atoms with Gasteiger partial charge in [-0.05, 0) is 58.0 Å². The van der Waals surface area contributed by atoms with Gasteiger partial charge in [0.2, 0.25) is 0 Å². The molecule has 2 aromatic carbocycles. The minimum Gasteiger partial charge on any atom is -0.457 e. The summed E-state index contributed by atoms with van der Waals surface area (Å²) in [5.41, 5.74) is 0.827. The molecular weight excluding hydrogens is 394 g/mol. The first-order valence-corrected chi connectivity index (χ1v) is 10.4. The molecule has 2 rings (SSSR count). The van der Waals surface area contributed by atoms with Crippen molar-refractivity contribution < 1.29 is 27.5 Å². The number of sulfonamides is 1. The van der Waals surface area contributed by atoms with Gasteiger partial charge < -0.3 is 9.47 Å². The standard InChI is InChI=1S/C21H25NO6S/c1-15-9-11-17(12-10-15)22(5)29(25,26)18-8-6-7-16(13-18)20(24)27-14-19(23)28-21(2,3)4/h6-13H,14H2,1-5H3. The number of nitrogens with zero attached hydrogens (tertiary/aromatic N) is 1. The monoisotopic (exact) mass is 419 g/mol. The van der Waals surface area contributed by atoms with Gasteiger partial charge in [0.1, 0.15) is 5.60 Å². The van der Waals surface area contributed by atoms with Crippen molar-refractivity contribution in [1.29, 1.82) is 0 Å². The molecule has 0 saturated heterocycles. The molecule has 8 heteroatoms. The largest absolute Gasteiger partial charge is 0.457 e. The zero-order valence-electron chi connectivity index (χ0n) is 17.1. The highest BCUT2D eigenvalue weighted by atomic mass is 32.2. The lowest BCUT2D eigenvalue weighted by Crippen LogP contribution is -2.28. The number of carbonyl (C=O) groups excluding carboxylic acids is 2. The van der Waals surface area contributed by atoms with Gasteiger partial charge in [0, 0.05) is 7.05 Å². The van der Waals surface area contributed by atoms with Gasteiger partial charge in [-0.1, -0.05) is 23.8 Å². The Kier molecular flexibility index (Phi) is 6.69. The van der Waals surface area contributed by atoms with Gasteiger partial charge in [-0.2, -0.15) is 0 Å². The van der Waals surface area contributed by atoms with E-state index in [1.54, 1.807) is 32.9 Å². The van der Waals surface area contributed by atoms with Crippen LogP contribution in [0.5, 0.6) is 0 Å². The third-order valence-electron chi connectivity index (χ3n) is 3.87. The summed E-state index contributed by atoms with van der Waals surface area (Å²) >= 11 is 0. The predicted molar refractivity (Wildman–Crippen MR) is 109 cm³/mol. The smallest absolute Gasteiger partial charge is 0.344 e. The highest BCUT2D eigenvalue weighted by molar-refractivity contribution is 7.92. The van der Waals surface area contributed by atoms with E-state index in [1.165, 1.54) is 31.3 Å². The molecule has 0 spiro atoms. The van der Waals surface area contributed by atoms with Crippen molar-refractivity contribution in [1.82, 2.24) is 0 Å². The number of benzene rings is 2. The minimum absolute atomic E-state index is 0.0203. The summed E-state index contributed by atoms with van der Waals surface area (Å²) in [6, 6.07) is 12.5. The van der Waals surface area contributed by atoms with E-state index >= 15 is 0 Å². The van der Waals surface area contributed by atoms with Crippen LogP contribution in [0.15, 0.2) is 53.4 Å². The Bertz CT molecular complexity index is 991. The van der Waals surface area contributed by atoms with Crippen molar-refractivity contribution in [3.8, 4) is 0 Å². The first-order chi connectivity index (χ1) is 13.4. The molecule has 2 aromatic rings. The molecule has 7 nitrogen and oxygen atoms in total. The van der Waals surface area contributed by atoms with Gasteiger partial charge in [-0.3, -0.25) is 4.31 Å². The second-order valence-corrected chi connectivity index (χ2v) is 9.47. The lowest BCUT2D eigenvalue weighted by atomic mass is 10.2. The van der Waals surface area contributed by atoms with E-state index in [9.17, 15) is 18.0 Å². The van der Waals surface area contributed by atoms with Crippen molar-refractivity contribution in [2.45, 2.75) is 38.2 Å². The van der Waals surface area contributed by atoms with Crippen molar-refractivity contribution in [2.24, 2.45) is 0 Å². The van der Waals surface area contributed by atoms with Crippen LogP contribution in [-0.4, -0.2) is 39.6 Å². The van der Waals surface area contributed by atoms with Gasteiger partial charge in [0.25, 0.3) is 10.0 Å². The minimum atomic E-state index is -3.88. The Balaban J connectivity index is 2.16. The molecule has 29 heavy (non-hydrogen) atoms. The summed E-state index contributed by atoms with van der Waals surface area (Å²) in [5.74, 6) is -1.50. The Hall–Kier alpha value is -2.87. The summed E-state index contributed by atoms with van der Waals surface area (Å²) in [6.45, 7) is 6.45. The van der Waals surface area contributed by atoms with Crippen molar-refractivity contribution >= 4 is 27.6 Å². The number of hydrogen-bond acceptors (Lipinski definition) is 6. The van der Waals surface area contributed by atoms with Gasteiger partial charge in [-0.15, -0.1) is 0 Å². The Labute approximate surface area is 171 Å². The van der Waals surface area contributed by atoms with E-state index in [0.29, 0.717) is 5.69 Å². The summed E-state index contributed by atoms with van der Waals surface area (Å²) in [6.07, 6.45) is 0. The van der Waals surface area contributed by atoms with Crippen LogP contribution in [0.3, 0.4) is 0 Å². The fraction of sp³-hybridized carbons (Fsp3) is 0.333. The first-order valence-electron chi connectivity index (χ1n) is 8.95. The summed E-state index contributed by atoms with van der Waals surface area (Å²) in [7, 11) is -2.44. The molecule has 0 radical (unpaired) electrons. The fourth-order valence-corrected chi connectivity index (χ4v) is 3.66. The Morgan fingerprint density at radius 1 is 1.03 bits per heavy atom. The van der Waals surface area contributed by atoms with E-state index in [-0.39, 0.29) is 10.5 Å². The molecule has 0 aliphatic carbocycles. The van der Waals surface area contributed by atoms with Crippen LogP contribution in [0.2, 0.25) is 0 Å². The number of aryl methyl sites for hydroxylation is 1. The van der Waals surface area contributed by atoms with Crippen molar-refractivity contribution in [3.05, 3.63) is 59.7 Å². The highest BCUT2D eigenvalue weighted by Crippen LogP contribution is 2.23. The first kappa shape index (κ1) is 22.4. The molecule has 0 heterocycles. The third-order valence-corrected chi connectivity index (χ3v) is 5.65. The second kappa shape index (κ2) is 8.65. The van der Waals surface area contributed by atoms with Crippen LogP contribution in [0.1, 0.15) is 36.7 Å². The van der Waals surface area contributed by atoms with Gasteiger partial charge >= 0.3 is 11.9 Å². The average molecular weight is 419 g/mol. The summed E-state index contributed by atoms with van der Waals surface area (Å²) < 4.78 is 37.0. The van der Waals surface area contributed by atoms with Crippen LogP contribution >= 0.6 is 0 Å². The van der Waals surface area contributed by atoms with E-state index in [2.05, 4.69) is 0 Å². The third kappa shape index (κ3) is 6.05. The quantitative estimate of drug-likeness (QED) is 0.667. The predicted octanol–water partition coefficient (Wildman–Crippen LogP) is 3.32. The number of carbonyl (C=O) groups is 2. The number of anilines is 1. The zero-order valence-corrected chi connectivity index (χ0v) is 17.9. The number of ether oxygens (including phenoxy) is 2. The van der Waals surface area contributed by atoms with E-state index in [4.69, 9.17) is 9.47 Å². The van der Waals surface area contributed by atoms with Gasteiger partial charge in [-0.25, -0.2) is 18.0 Å². The molecule has 0 unspecified atom stereocenters. The van der Waals surface area contributed by atoms with Gasteiger partial charge in [0.15, 0.2) is 6.61 Å². The maximum absolute atomic E-state index is 12.9. The normalized spacial score (nSPS) is 11.6. The number of hydrogen-bond donors (Lipinski definition) is 0. The Morgan fingerprint density at radius 2 is 1.66 bits per heavy atom. The molecule has 0 amide bonds. The molecule has 0 aromatic heterocycles. The van der Waals surface area contributed by atoms with E-state index in [0.717, 1.165) is 9.87 Å². The molecule has 0 aliphatic rings. The topological polar surface area (TPSA) is 90.0 Å². The Morgan fingerprint density at radius 3 is 2.24 bits per heavy atom. The molecule has 156 valence electrons. The van der Waals surface area contributed by atoms with E-state index < -0.39 is 34.2 Å². The number of rotatable bonds is 6. The lowest BCUT2D eigenvalue weighted by Gasteiger charge is -2.20. The van der Waals surface area contributed by atoms with Crippen LogP contribution in [0.25, 0.3) is 0 Å². The molecule has 0 aliphatic heterocycles. The average Bonchev–Trinajstić information content (AvgIpc) is 2.65. The lowest BCUT2D eigenvalue weighted by molar-refractivity contribution is -0.158. The summed E-state index contributed by atoms with van der Waals surface area (Å²) in [5, 5.41) is 0. The molecular formula is C21H25NO6S. The van der Waals surface area contributed by atoms with Crippen LogP contribution in [0.4, 0.5) is 5.69 Å². The summed E-state index contributed by atoms with van der Waals surface area (Å²) in [4.78, 5) is 23.9. The molecule has 0 saturated carbocycles. The maximum Gasteiger partial charge on any atom is 0.344 e. The molecule has 0 N–H and O–H groups in total. The molecule has 0 atom stereocenters. The van der Waals surface area contributed by atoms with Crippen LogP contribution in [-0.2, 0) is 24.3 Å². The second-order valence-electron chi connectivity index (χ2n) is 7.50. The van der Waals surface area contributed by atoms with Crippen LogP contribution < -0.4 is 4.31 Å². The van der Waals surface area contributed by atoms with Crippen LogP contribution in [0, 0.1) is 6.92 Å². The SMILES string of the molecule is Cc1ccc(N(C)S(=O)(=O)c2cccc(C(=O)OCC(=O)OC(C)(C)C)c2)cc1. The van der Waals surface area contributed by atoms with Crippen molar-refractivity contribution in [2.75, 3.05) is 18.0 Å². The fourth-order valence-electron chi connectivity index (χ4n) is 2.41. The van der Waals surface area contributed by atoms with E-state index in [1.807, 2.05) is 19.1 Å². The van der Waals surface area contributed by atoms with Crippen molar-refractivity contribution in [3.63, 3.8) is 0 Å². The highest BCUT2D eigenvalue weighted by Gasteiger charge is 2.23. The maximum atomic E-state index is 12.9. The number of esters is 2.